The van der Waals surface area contributed by atoms with Gasteiger partial charge < -0.3 is 5.73 Å². The average Bonchev–Trinajstić information content (AvgIpc) is 2.08. The fourth-order valence-electron chi connectivity index (χ4n) is 0.804. The van der Waals surface area contributed by atoms with Gasteiger partial charge >= 0.3 is 0 Å². The van der Waals surface area contributed by atoms with Gasteiger partial charge in [-0.3, -0.25) is 9.59 Å². The van der Waals surface area contributed by atoms with E-state index in [2.05, 4.69) is 0 Å². The molecule has 0 spiro atoms. The lowest BCUT2D eigenvalue weighted by atomic mass is 10.1. The second-order valence-electron chi connectivity index (χ2n) is 2.32. The first-order chi connectivity index (χ1) is 6.02. The molecule has 0 aromatic heterocycles. The molecule has 1 rings (SSSR count). The molecule has 0 bridgehead atoms. The third-order valence-corrected chi connectivity index (χ3v) is 2.57. The van der Waals surface area contributed by atoms with Gasteiger partial charge in [0.25, 0.3) is 11.7 Å². The van der Waals surface area contributed by atoms with E-state index in [9.17, 15) is 9.59 Å². The van der Waals surface area contributed by atoms with E-state index in [1.54, 1.807) is 12.1 Å². The van der Waals surface area contributed by atoms with Crippen LogP contribution in [0.25, 0.3) is 0 Å². The summed E-state index contributed by atoms with van der Waals surface area (Å²) in [6.45, 7) is 0. The van der Waals surface area contributed by atoms with Crippen LogP contribution < -0.4 is 5.73 Å². The van der Waals surface area contributed by atoms with Gasteiger partial charge in [0.2, 0.25) is 0 Å². The minimum Gasteiger partial charge on any atom is -0.363 e. The highest BCUT2D eigenvalue weighted by atomic mass is 127. The molecular weight excluding hydrogens is 304 g/mol. The number of benzene rings is 1. The Morgan fingerprint density at radius 2 is 2.00 bits per heavy atom. The van der Waals surface area contributed by atoms with Crippen LogP contribution in [-0.2, 0) is 4.79 Å². The third-order valence-electron chi connectivity index (χ3n) is 1.40. The molecule has 0 radical (unpaired) electrons. The van der Waals surface area contributed by atoms with Gasteiger partial charge in [-0.15, -0.1) is 0 Å². The lowest BCUT2D eigenvalue weighted by molar-refractivity contribution is -0.114. The maximum absolute atomic E-state index is 11.2. The third kappa shape index (κ3) is 2.41. The first kappa shape index (κ1) is 10.5. The van der Waals surface area contributed by atoms with Crippen LogP contribution in [-0.4, -0.2) is 11.7 Å². The quantitative estimate of drug-likeness (QED) is 0.512. The van der Waals surface area contributed by atoms with Crippen LogP contribution in [0.2, 0.25) is 5.02 Å². The van der Waals surface area contributed by atoms with Gasteiger partial charge in [0.15, 0.2) is 0 Å². The minimum atomic E-state index is -0.972. The Labute approximate surface area is 93.4 Å². The Bertz CT molecular complexity index is 378. The van der Waals surface area contributed by atoms with Gasteiger partial charge in [0.1, 0.15) is 0 Å². The molecule has 0 aliphatic heterocycles. The molecule has 68 valence electrons. The smallest absolute Gasteiger partial charge is 0.289 e. The van der Waals surface area contributed by atoms with Crippen LogP contribution in [0, 0.1) is 3.57 Å². The van der Waals surface area contributed by atoms with Gasteiger partial charge in [-0.25, -0.2) is 0 Å². The van der Waals surface area contributed by atoms with Crippen molar-refractivity contribution in [2.45, 2.75) is 0 Å². The van der Waals surface area contributed by atoms with Crippen LogP contribution in [0.4, 0.5) is 0 Å². The Morgan fingerprint density at radius 1 is 1.38 bits per heavy atom. The van der Waals surface area contributed by atoms with Gasteiger partial charge in [0.05, 0.1) is 0 Å². The fraction of sp³-hybridized carbons (Fsp3) is 0. The molecule has 0 heterocycles. The second kappa shape index (κ2) is 4.06. The van der Waals surface area contributed by atoms with Crippen LogP contribution in [0.3, 0.4) is 0 Å². The summed E-state index contributed by atoms with van der Waals surface area (Å²) in [6.07, 6.45) is 0. The molecule has 13 heavy (non-hydrogen) atoms. The number of nitrogens with two attached hydrogens (primary N) is 1. The van der Waals surface area contributed by atoms with E-state index in [1.165, 1.54) is 6.07 Å². The van der Waals surface area contributed by atoms with Crippen molar-refractivity contribution in [2.24, 2.45) is 5.73 Å². The number of rotatable bonds is 2. The summed E-state index contributed by atoms with van der Waals surface area (Å²) in [7, 11) is 0. The van der Waals surface area contributed by atoms with Crippen molar-refractivity contribution < 1.29 is 9.59 Å². The molecule has 0 aliphatic rings. The molecule has 0 atom stereocenters. The molecule has 0 saturated heterocycles. The number of ketones is 1. The summed E-state index contributed by atoms with van der Waals surface area (Å²) in [5.41, 5.74) is 5.10. The molecule has 1 aromatic rings. The van der Waals surface area contributed by atoms with Crippen LogP contribution in [0.1, 0.15) is 10.4 Å². The largest absolute Gasteiger partial charge is 0.363 e. The van der Waals surface area contributed by atoms with E-state index in [0.29, 0.717) is 8.59 Å². The predicted molar refractivity (Wildman–Crippen MR) is 57.7 cm³/mol. The highest BCUT2D eigenvalue weighted by molar-refractivity contribution is 14.1. The molecule has 0 unspecified atom stereocenters. The summed E-state index contributed by atoms with van der Waals surface area (Å²) in [5, 5.41) is 0.407. The number of primary amides is 1. The molecule has 0 aliphatic carbocycles. The Kier molecular flexibility index (Phi) is 3.27. The summed E-state index contributed by atoms with van der Waals surface area (Å²) >= 11 is 7.60. The number of halogens is 2. The SMILES string of the molecule is NC(=O)C(=O)c1cc(Cl)ccc1I. The van der Waals surface area contributed by atoms with Crippen molar-refractivity contribution in [3.05, 3.63) is 32.4 Å². The van der Waals surface area contributed by atoms with E-state index in [-0.39, 0.29) is 5.56 Å². The Hall–Kier alpha value is -0.620. The first-order valence-corrected chi connectivity index (χ1v) is 4.77. The molecule has 1 amide bonds. The van der Waals surface area contributed by atoms with Crippen LogP contribution in [0.5, 0.6) is 0 Å². The summed E-state index contributed by atoms with van der Waals surface area (Å²) in [6, 6.07) is 4.72. The standard InChI is InChI=1S/C8H5ClINO2/c9-4-1-2-6(10)5(3-4)7(12)8(11)13/h1-3H,(H2,11,13). The van der Waals surface area contributed by atoms with Gasteiger partial charge in [-0.05, 0) is 40.8 Å². The topological polar surface area (TPSA) is 60.2 Å². The van der Waals surface area contributed by atoms with E-state index < -0.39 is 11.7 Å². The average molecular weight is 309 g/mol. The minimum absolute atomic E-state index is 0.251. The molecule has 5 heteroatoms. The van der Waals surface area contributed by atoms with E-state index in [4.69, 9.17) is 17.3 Å². The molecular formula is C8H5ClINO2. The summed E-state index contributed by atoms with van der Waals surface area (Å²) in [4.78, 5) is 21.8. The zero-order valence-electron chi connectivity index (χ0n) is 6.38. The normalized spacial score (nSPS) is 9.69. The van der Waals surface area contributed by atoms with Gasteiger partial charge in [-0.1, -0.05) is 11.6 Å². The summed E-state index contributed by atoms with van der Waals surface area (Å²) in [5.74, 6) is -1.69. The molecule has 3 nitrogen and oxygen atoms in total. The number of carbonyl (C=O) groups excluding carboxylic acids is 2. The lowest BCUT2D eigenvalue weighted by Gasteiger charge is -2.00. The maximum atomic E-state index is 11.2. The zero-order valence-corrected chi connectivity index (χ0v) is 9.30. The highest BCUT2D eigenvalue weighted by Gasteiger charge is 2.15. The van der Waals surface area contributed by atoms with Crippen molar-refractivity contribution >= 4 is 45.9 Å². The lowest BCUT2D eigenvalue weighted by Crippen LogP contribution is -2.23. The number of Topliss-reactive ketones (excluding diaryl/α,β-unsaturated/α-hetero) is 1. The Morgan fingerprint density at radius 3 is 2.54 bits per heavy atom. The van der Waals surface area contributed by atoms with E-state index in [0.717, 1.165) is 0 Å². The molecule has 2 N–H and O–H groups in total. The van der Waals surface area contributed by atoms with Gasteiger partial charge in [0, 0.05) is 14.2 Å². The predicted octanol–water partition coefficient (Wildman–Crippen LogP) is 1.61. The monoisotopic (exact) mass is 309 g/mol. The van der Waals surface area contributed by atoms with Crippen LogP contribution in [0.15, 0.2) is 18.2 Å². The van der Waals surface area contributed by atoms with Crippen molar-refractivity contribution in [1.29, 1.82) is 0 Å². The summed E-state index contributed by atoms with van der Waals surface area (Å²) < 4.78 is 0.658. The van der Waals surface area contributed by atoms with Crippen molar-refractivity contribution in [3.63, 3.8) is 0 Å². The first-order valence-electron chi connectivity index (χ1n) is 3.31. The highest BCUT2D eigenvalue weighted by Crippen LogP contribution is 2.18. The van der Waals surface area contributed by atoms with Crippen molar-refractivity contribution in [3.8, 4) is 0 Å². The maximum Gasteiger partial charge on any atom is 0.289 e. The van der Waals surface area contributed by atoms with Crippen molar-refractivity contribution in [2.75, 3.05) is 0 Å². The molecule has 0 saturated carbocycles. The van der Waals surface area contributed by atoms with Crippen molar-refractivity contribution in [1.82, 2.24) is 0 Å². The number of hydrogen-bond acceptors (Lipinski definition) is 2. The fourth-order valence-corrected chi connectivity index (χ4v) is 1.56. The second-order valence-corrected chi connectivity index (χ2v) is 3.92. The Balaban J connectivity index is 3.21. The number of hydrogen-bond donors (Lipinski definition) is 1. The molecule has 1 aromatic carbocycles. The van der Waals surface area contributed by atoms with E-state index in [1.807, 2.05) is 22.6 Å². The number of amides is 1. The van der Waals surface area contributed by atoms with Gasteiger partial charge in [-0.2, -0.15) is 0 Å². The number of carbonyl (C=O) groups is 2. The van der Waals surface area contributed by atoms with Crippen LogP contribution >= 0.6 is 34.2 Å². The molecule has 0 fully saturated rings. The zero-order chi connectivity index (χ0) is 10.0. The van der Waals surface area contributed by atoms with E-state index >= 15 is 0 Å².